The lowest BCUT2D eigenvalue weighted by molar-refractivity contribution is 0.0644. The van der Waals surface area contributed by atoms with E-state index in [1.807, 2.05) is 42.2 Å². The molecule has 3 aliphatic heterocycles. The Morgan fingerprint density at radius 2 is 1.65 bits per heavy atom. The molecule has 0 aromatic heterocycles. The Labute approximate surface area is 238 Å². The van der Waals surface area contributed by atoms with E-state index in [4.69, 9.17) is 9.47 Å². The largest absolute Gasteiger partial charge is 0.492 e. The third-order valence-corrected chi connectivity index (χ3v) is 8.30. The number of ether oxygens (including phenoxy) is 2. The van der Waals surface area contributed by atoms with Crippen LogP contribution in [0, 0.1) is 0 Å². The molecule has 2 aromatic carbocycles. The van der Waals surface area contributed by atoms with Crippen molar-refractivity contribution in [3.05, 3.63) is 54.1 Å². The molecule has 3 fully saturated rings. The molecule has 5 rings (SSSR count). The van der Waals surface area contributed by atoms with E-state index in [1.54, 1.807) is 6.07 Å². The average molecular weight is 550 g/mol. The van der Waals surface area contributed by atoms with E-state index in [0.717, 1.165) is 63.4 Å². The summed E-state index contributed by atoms with van der Waals surface area (Å²) in [5.74, 6) is 0.783. The molecule has 9 heteroatoms. The van der Waals surface area contributed by atoms with Gasteiger partial charge < -0.3 is 24.2 Å². The minimum Gasteiger partial charge on any atom is -0.492 e. The van der Waals surface area contributed by atoms with Crippen molar-refractivity contribution in [1.82, 2.24) is 14.7 Å². The molecule has 9 nitrogen and oxygen atoms in total. The van der Waals surface area contributed by atoms with E-state index in [2.05, 4.69) is 32.1 Å². The number of piperazine rings is 1. The van der Waals surface area contributed by atoms with Crippen LogP contribution in [0.25, 0.3) is 0 Å². The first-order valence-electron chi connectivity index (χ1n) is 14.9. The van der Waals surface area contributed by atoms with Crippen molar-refractivity contribution in [1.29, 1.82) is 0 Å². The van der Waals surface area contributed by atoms with Crippen LogP contribution in [-0.2, 0) is 4.74 Å². The number of amides is 2. The Morgan fingerprint density at radius 3 is 2.40 bits per heavy atom. The van der Waals surface area contributed by atoms with Crippen molar-refractivity contribution < 1.29 is 19.1 Å². The summed E-state index contributed by atoms with van der Waals surface area (Å²) in [5, 5.41) is 2.77. The zero-order chi connectivity index (χ0) is 27.7. The number of carbonyl (C=O) groups is 2. The predicted octanol–water partition coefficient (Wildman–Crippen LogP) is 4.16. The smallest absolute Gasteiger partial charge is 0.411 e. The standard InChI is InChI=1S/C31H43N5O4/c1-2-39-29-11-4-3-10-28(29)32-31(38)40-23-22-33-18-20-35(21-19-33)27-9-7-8-25(24-27)30(37)36-16-12-26(13-17-36)34-14-5-6-15-34/h3-4,7-11,24,26H,2,5-6,12-23H2,1H3,(H,32,38). The minimum atomic E-state index is -0.479. The Kier molecular flexibility index (Phi) is 9.78. The molecule has 216 valence electrons. The topological polar surface area (TPSA) is 77.6 Å². The van der Waals surface area contributed by atoms with Crippen molar-refractivity contribution in [2.75, 3.05) is 82.3 Å². The summed E-state index contributed by atoms with van der Waals surface area (Å²) in [5.41, 5.74) is 2.49. The van der Waals surface area contributed by atoms with E-state index in [9.17, 15) is 9.59 Å². The fraction of sp³-hybridized carbons (Fsp3) is 0.548. The number of piperidine rings is 1. The monoisotopic (exact) mass is 549 g/mol. The molecule has 0 unspecified atom stereocenters. The lowest BCUT2D eigenvalue weighted by Gasteiger charge is -2.37. The Bertz CT molecular complexity index is 1120. The van der Waals surface area contributed by atoms with Gasteiger partial charge in [-0.15, -0.1) is 0 Å². The number of benzene rings is 2. The lowest BCUT2D eigenvalue weighted by Crippen LogP contribution is -2.47. The minimum absolute atomic E-state index is 0.152. The second-order valence-corrected chi connectivity index (χ2v) is 10.8. The first-order chi connectivity index (χ1) is 19.6. The van der Waals surface area contributed by atoms with Crippen LogP contribution in [0.2, 0.25) is 0 Å². The van der Waals surface area contributed by atoms with Gasteiger partial charge in [0.15, 0.2) is 0 Å². The number of para-hydroxylation sites is 2. The number of nitrogens with zero attached hydrogens (tertiary/aromatic N) is 4. The van der Waals surface area contributed by atoms with Crippen LogP contribution in [0.1, 0.15) is 43.0 Å². The summed E-state index contributed by atoms with van der Waals surface area (Å²) in [6.07, 6.45) is 4.32. The van der Waals surface area contributed by atoms with E-state index in [0.29, 0.717) is 37.2 Å². The number of hydrogen-bond donors (Lipinski definition) is 1. The molecule has 2 aromatic rings. The van der Waals surface area contributed by atoms with Crippen molar-refractivity contribution in [3.63, 3.8) is 0 Å². The van der Waals surface area contributed by atoms with Gasteiger partial charge in [0.25, 0.3) is 5.91 Å². The molecule has 1 N–H and O–H groups in total. The van der Waals surface area contributed by atoms with Crippen LogP contribution in [0.5, 0.6) is 5.75 Å². The fourth-order valence-electron chi connectivity index (χ4n) is 6.05. The maximum Gasteiger partial charge on any atom is 0.411 e. The number of anilines is 2. The zero-order valence-electron chi connectivity index (χ0n) is 23.7. The Morgan fingerprint density at radius 1 is 0.900 bits per heavy atom. The average Bonchev–Trinajstić information content (AvgIpc) is 3.54. The number of carbonyl (C=O) groups excluding carboxylic acids is 2. The summed E-state index contributed by atoms with van der Waals surface area (Å²) in [6, 6.07) is 16.1. The second kappa shape index (κ2) is 13.9. The van der Waals surface area contributed by atoms with E-state index in [-0.39, 0.29) is 5.91 Å². The van der Waals surface area contributed by atoms with Gasteiger partial charge in [-0.2, -0.15) is 0 Å². The highest BCUT2D eigenvalue weighted by atomic mass is 16.5. The molecule has 0 radical (unpaired) electrons. The maximum atomic E-state index is 13.3. The third kappa shape index (κ3) is 7.26. The van der Waals surface area contributed by atoms with Gasteiger partial charge in [0.05, 0.1) is 12.3 Å². The van der Waals surface area contributed by atoms with Gasteiger partial charge in [-0.25, -0.2) is 4.79 Å². The number of hydrogen-bond acceptors (Lipinski definition) is 7. The van der Waals surface area contributed by atoms with Crippen LogP contribution < -0.4 is 15.0 Å². The first kappa shape index (κ1) is 28.2. The molecule has 0 atom stereocenters. The Hall–Kier alpha value is -3.30. The highest BCUT2D eigenvalue weighted by molar-refractivity contribution is 5.95. The highest BCUT2D eigenvalue weighted by Crippen LogP contribution is 2.25. The third-order valence-electron chi connectivity index (χ3n) is 8.30. The summed E-state index contributed by atoms with van der Waals surface area (Å²) < 4.78 is 11.0. The molecular formula is C31H43N5O4. The van der Waals surface area contributed by atoms with Gasteiger partial charge in [0, 0.05) is 63.1 Å². The van der Waals surface area contributed by atoms with Crippen molar-refractivity contribution in [3.8, 4) is 5.75 Å². The normalized spacial score (nSPS) is 19.0. The lowest BCUT2D eigenvalue weighted by atomic mass is 10.0. The SMILES string of the molecule is CCOc1ccccc1NC(=O)OCCN1CCN(c2cccc(C(=O)N3CCC(N4CCCC4)CC3)c2)CC1. The second-order valence-electron chi connectivity index (χ2n) is 10.8. The molecule has 0 saturated carbocycles. The van der Waals surface area contributed by atoms with Crippen LogP contribution in [0.15, 0.2) is 48.5 Å². The van der Waals surface area contributed by atoms with E-state index < -0.39 is 6.09 Å². The van der Waals surface area contributed by atoms with Crippen molar-refractivity contribution in [2.45, 2.75) is 38.6 Å². The molecule has 3 heterocycles. The fourth-order valence-corrected chi connectivity index (χ4v) is 6.05. The van der Waals surface area contributed by atoms with Crippen molar-refractivity contribution in [2.24, 2.45) is 0 Å². The van der Waals surface area contributed by atoms with Gasteiger partial charge in [0.2, 0.25) is 0 Å². The van der Waals surface area contributed by atoms with E-state index in [1.165, 1.54) is 25.9 Å². The highest BCUT2D eigenvalue weighted by Gasteiger charge is 2.29. The molecule has 40 heavy (non-hydrogen) atoms. The Balaban J connectivity index is 1.04. The van der Waals surface area contributed by atoms with Crippen LogP contribution in [0.4, 0.5) is 16.2 Å². The maximum absolute atomic E-state index is 13.3. The van der Waals surface area contributed by atoms with Crippen LogP contribution in [-0.4, -0.2) is 105 Å². The van der Waals surface area contributed by atoms with Gasteiger partial charge in [-0.3, -0.25) is 15.0 Å². The summed E-state index contributed by atoms with van der Waals surface area (Å²) in [6.45, 7) is 11.1. The predicted molar refractivity (Wildman–Crippen MR) is 157 cm³/mol. The molecule has 3 aliphatic rings. The molecule has 2 amide bonds. The van der Waals surface area contributed by atoms with Gasteiger partial charge >= 0.3 is 6.09 Å². The summed E-state index contributed by atoms with van der Waals surface area (Å²) in [4.78, 5) is 34.9. The van der Waals surface area contributed by atoms with Crippen LogP contribution >= 0.6 is 0 Å². The van der Waals surface area contributed by atoms with E-state index >= 15 is 0 Å². The quantitative estimate of drug-likeness (QED) is 0.503. The molecule has 0 bridgehead atoms. The van der Waals surface area contributed by atoms with Crippen molar-refractivity contribution >= 4 is 23.4 Å². The molecule has 0 spiro atoms. The zero-order valence-corrected chi connectivity index (χ0v) is 23.7. The van der Waals surface area contributed by atoms with Crippen LogP contribution in [0.3, 0.4) is 0 Å². The molecule has 0 aliphatic carbocycles. The summed E-state index contributed by atoms with van der Waals surface area (Å²) >= 11 is 0. The van der Waals surface area contributed by atoms with Gasteiger partial charge in [0.1, 0.15) is 12.4 Å². The first-order valence-corrected chi connectivity index (χ1v) is 14.9. The number of nitrogens with one attached hydrogen (secondary N) is 1. The number of rotatable bonds is 9. The van der Waals surface area contributed by atoms with Gasteiger partial charge in [-0.1, -0.05) is 18.2 Å². The molecule has 3 saturated heterocycles. The van der Waals surface area contributed by atoms with Gasteiger partial charge in [-0.05, 0) is 76.0 Å². The summed E-state index contributed by atoms with van der Waals surface area (Å²) in [7, 11) is 0. The number of likely N-dealkylation sites (tertiary alicyclic amines) is 2. The molecular weight excluding hydrogens is 506 g/mol.